The van der Waals surface area contributed by atoms with Crippen molar-refractivity contribution in [2.24, 2.45) is 0 Å². The van der Waals surface area contributed by atoms with Gasteiger partial charge in [0, 0.05) is 12.6 Å². The first-order valence-electron chi connectivity index (χ1n) is 5.84. The van der Waals surface area contributed by atoms with Crippen molar-refractivity contribution in [3.63, 3.8) is 0 Å². The lowest BCUT2D eigenvalue weighted by Crippen LogP contribution is -2.30. The van der Waals surface area contributed by atoms with Crippen molar-refractivity contribution < 1.29 is 9.66 Å². The number of nitrogens with zero attached hydrogens (tertiary/aromatic N) is 2. The third-order valence-electron chi connectivity index (χ3n) is 2.48. The van der Waals surface area contributed by atoms with Gasteiger partial charge in [-0.1, -0.05) is 18.7 Å². The highest BCUT2D eigenvalue weighted by Crippen LogP contribution is 2.34. The molecule has 0 spiro atoms. The number of hydrogen-bond acceptors (Lipinski definition) is 6. The van der Waals surface area contributed by atoms with Crippen LogP contribution in [0.5, 0.6) is 0 Å². The highest BCUT2D eigenvalue weighted by Gasteiger charge is 2.25. The van der Waals surface area contributed by atoms with Crippen molar-refractivity contribution in [3.8, 4) is 0 Å². The Morgan fingerprint density at radius 2 is 2.39 bits per heavy atom. The first kappa shape index (κ1) is 13.1. The summed E-state index contributed by atoms with van der Waals surface area (Å²) in [6, 6.07) is 3.15. The number of nitrogens with one attached hydrogen (secondary N) is 1. The molecule has 7 heteroatoms. The highest BCUT2D eigenvalue weighted by atomic mass is 32.2. The van der Waals surface area contributed by atoms with E-state index in [1.807, 2.05) is 0 Å². The van der Waals surface area contributed by atoms with Crippen molar-refractivity contribution >= 4 is 23.3 Å². The highest BCUT2D eigenvalue weighted by molar-refractivity contribution is 8.00. The number of nitro groups is 1. The average Bonchev–Trinajstić information content (AvgIpc) is 2.31. The van der Waals surface area contributed by atoms with Crippen LogP contribution in [0.1, 0.15) is 13.3 Å². The van der Waals surface area contributed by atoms with Gasteiger partial charge in [-0.15, -0.1) is 0 Å². The molecule has 18 heavy (non-hydrogen) atoms. The predicted molar refractivity (Wildman–Crippen MR) is 70.1 cm³/mol. The molecule has 0 aromatic carbocycles. The molecule has 0 unspecified atom stereocenters. The molecule has 1 aliphatic heterocycles. The Morgan fingerprint density at radius 3 is 2.94 bits per heavy atom. The summed E-state index contributed by atoms with van der Waals surface area (Å²) in [5.74, 6) is 0.685. The van der Waals surface area contributed by atoms with Crippen LogP contribution < -0.4 is 5.32 Å². The standard InChI is InChI=1S/C11H15N3O3S/c1-2-5-12-10-4-3-9(14(15)16)11(13-10)18-8-6-17-7-8/h3-4,8H,2,5-7H2,1H3,(H,12,13). The van der Waals surface area contributed by atoms with E-state index in [1.54, 1.807) is 6.07 Å². The Balaban J connectivity index is 2.16. The minimum Gasteiger partial charge on any atom is -0.379 e. The lowest BCUT2D eigenvalue weighted by Gasteiger charge is -2.24. The first-order chi connectivity index (χ1) is 8.70. The molecule has 1 N–H and O–H groups in total. The lowest BCUT2D eigenvalue weighted by atomic mass is 10.4. The largest absolute Gasteiger partial charge is 0.379 e. The smallest absolute Gasteiger partial charge is 0.301 e. The summed E-state index contributed by atoms with van der Waals surface area (Å²) in [5, 5.41) is 14.8. The third kappa shape index (κ3) is 3.11. The Kier molecular flexibility index (Phi) is 4.38. The second-order valence-electron chi connectivity index (χ2n) is 3.98. The molecular formula is C11H15N3O3S. The fraction of sp³-hybridized carbons (Fsp3) is 0.545. The van der Waals surface area contributed by atoms with Crippen molar-refractivity contribution in [1.29, 1.82) is 0 Å². The van der Waals surface area contributed by atoms with Gasteiger partial charge < -0.3 is 10.1 Å². The van der Waals surface area contributed by atoms with Crippen molar-refractivity contribution in [3.05, 3.63) is 22.2 Å². The second-order valence-corrected chi connectivity index (χ2v) is 5.27. The fourth-order valence-electron chi connectivity index (χ4n) is 1.45. The van der Waals surface area contributed by atoms with Crippen LogP contribution in [0.15, 0.2) is 17.2 Å². The molecule has 0 bridgehead atoms. The van der Waals surface area contributed by atoms with E-state index in [1.165, 1.54) is 17.8 Å². The molecule has 6 nitrogen and oxygen atoms in total. The van der Waals surface area contributed by atoms with Gasteiger partial charge in [-0.05, 0) is 12.5 Å². The predicted octanol–water partition coefficient (Wildman–Crippen LogP) is 2.30. The van der Waals surface area contributed by atoms with Gasteiger partial charge in [-0.2, -0.15) is 0 Å². The van der Waals surface area contributed by atoms with Crippen LogP contribution in [-0.4, -0.2) is 34.9 Å². The Bertz CT molecular complexity index is 438. The number of thioether (sulfide) groups is 1. The number of anilines is 1. The molecule has 0 radical (unpaired) electrons. The molecule has 1 aromatic heterocycles. The Hall–Kier alpha value is -1.34. The normalized spacial score (nSPS) is 15.2. The van der Waals surface area contributed by atoms with E-state index >= 15 is 0 Å². The van der Waals surface area contributed by atoms with Gasteiger partial charge in [-0.25, -0.2) is 4.98 Å². The minimum atomic E-state index is -0.390. The monoisotopic (exact) mass is 269 g/mol. The number of pyridine rings is 1. The number of aromatic nitrogens is 1. The van der Waals surface area contributed by atoms with Crippen LogP contribution in [0, 0.1) is 10.1 Å². The SMILES string of the molecule is CCCNc1ccc([N+](=O)[O-])c(SC2COC2)n1. The summed E-state index contributed by atoms with van der Waals surface area (Å²) in [4.78, 5) is 14.9. The summed E-state index contributed by atoms with van der Waals surface area (Å²) in [5.41, 5.74) is 0.0638. The van der Waals surface area contributed by atoms with Crippen molar-refractivity contribution in [1.82, 2.24) is 4.98 Å². The van der Waals surface area contributed by atoms with Gasteiger partial charge in [0.15, 0.2) is 5.03 Å². The molecule has 0 atom stereocenters. The van der Waals surface area contributed by atoms with Gasteiger partial charge in [0.2, 0.25) is 0 Å². The summed E-state index contributed by atoms with van der Waals surface area (Å²) in [7, 11) is 0. The van der Waals surface area contributed by atoms with Gasteiger partial charge >= 0.3 is 5.69 Å². The molecule has 0 amide bonds. The topological polar surface area (TPSA) is 77.3 Å². The van der Waals surface area contributed by atoms with E-state index in [9.17, 15) is 10.1 Å². The zero-order valence-electron chi connectivity index (χ0n) is 10.1. The van der Waals surface area contributed by atoms with E-state index in [-0.39, 0.29) is 10.9 Å². The van der Waals surface area contributed by atoms with Crippen LogP contribution in [-0.2, 0) is 4.74 Å². The van der Waals surface area contributed by atoms with E-state index in [0.717, 1.165) is 13.0 Å². The Morgan fingerprint density at radius 1 is 1.61 bits per heavy atom. The molecule has 1 aromatic rings. The summed E-state index contributed by atoms with van der Waals surface area (Å²) < 4.78 is 5.07. The van der Waals surface area contributed by atoms with Crippen LogP contribution in [0.2, 0.25) is 0 Å². The second kappa shape index (κ2) is 6.01. The van der Waals surface area contributed by atoms with Crippen LogP contribution in [0.3, 0.4) is 0 Å². The first-order valence-corrected chi connectivity index (χ1v) is 6.72. The maximum absolute atomic E-state index is 10.9. The van der Waals surface area contributed by atoms with Crippen LogP contribution >= 0.6 is 11.8 Å². The van der Waals surface area contributed by atoms with Gasteiger partial charge in [0.25, 0.3) is 0 Å². The molecular weight excluding hydrogens is 254 g/mol. The van der Waals surface area contributed by atoms with Gasteiger partial charge in [0.1, 0.15) is 5.82 Å². The third-order valence-corrected chi connectivity index (χ3v) is 3.61. The van der Waals surface area contributed by atoms with Crippen LogP contribution in [0.4, 0.5) is 11.5 Å². The number of ether oxygens (including phenoxy) is 1. The van der Waals surface area contributed by atoms with Crippen LogP contribution in [0.25, 0.3) is 0 Å². The van der Waals surface area contributed by atoms with E-state index in [0.29, 0.717) is 24.1 Å². The molecule has 2 heterocycles. The number of rotatable bonds is 6. The maximum Gasteiger partial charge on any atom is 0.301 e. The van der Waals surface area contributed by atoms with Gasteiger partial charge in [0.05, 0.1) is 23.4 Å². The maximum atomic E-state index is 10.9. The summed E-state index contributed by atoms with van der Waals surface area (Å²) in [6.07, 6.45) is 0.984. The molecule has 1 saturated heterocycles. The lowest BCUT2D eigenvalue weighted by molar-refractivity contribution is -0.388. The molecule has 0 aliphatic carbocycles. The number of hydrogen-bond donors (Lipinski definition) is 1. The van der Waals surface area contributed by atoms with Crippen molar-refractivity contribution in [2.45, 2.75) is 23.6 Å². The van der Waals surface area contributed by atoms with Crippen molar-refractivity contribution in [2.75, 3.05) is 25.1 Å². The molecule has 1 aliphatic rings. The summed E-state index contributed by atoms with van der Waals surface area (Å²) in [6.45, 7) is 4.13. The Labute approximate surface area is 109 Å². The molecule has 98 valence electrons. The minimum absolute atomic E-state index is 0.0638. The van der Waals surface area contributed by atoms with E-state index < -0.39 is 4.92 Å². The van der Waals surface area contributed by atoms with E-state index in [4.69, 9.17) is 4.74 Å². The summed E-state index contributed by atoms with van der Waals surface area (Å²) >= 11 is 1.42. The molecule has 1 fully saturated rings. The molecule has 2 rings (SSSR count). The zero-order chi connectivity index (χ0) is 13.0. The fourth-order valence-corrected chi connectivity index (χ4v) is 2.51. The van der Waals surface area contributed by atoms with E-state index in [2.05, 4.69) is 17.2 Å². The zero-order valence-corrected chi connectivity index (χ0v) is 10.9. The van der Waals surface area contributed by atoms with Gasteiger partial charge in [-0.3, -0.25) is 10.1 Å². The average molecular weight is 269 g/mol. The quantitative estimate of drug-likeness (QED) is 0.630. The molecule has 0 saturated carbocycles.